The summed E-state index contributed by atoms with van der Waals surface area (Å²) in [5.41, 5.74) is 8.78. The lowest BCUT2D eigenvalue weighted by Crippen LogP contribution is -2.38. The zero-order valence-corrected chi connectivity index (χ0v) is 16.8. The number of aromatic nitrogens is 2. The normalized spacial score (nSPS) is 21.7. The maximum atomic E-state index is 6.25. The average Bonchev–Trinajstić information content (AvgIpc) is 3.22. The third-order valence-corrected chi connectivity index (χ3v) is 5.94. The third kappa shape index (κ3) is 2.90. The van der Waals surface area contributed by atoms with Crippen LogP contribution in [-0.4, -0.2) is 48.9 Å². The van der Waals surface area contributed by atoms with Gasteiger partial charge in [0, 0.05) is 36.6 Å². The summed E-state index contributed by atoms with van der Waals surface area (Å²) in [6.07, 6.45) is 3.60. The number of pyridine rings is 2. The molecule has 3 aliphatic rings. The van der Waals surface area contributed by atoms with E-state index in [4.69, 9.17) is 29.9 Å². The highest BCUT2D eigenvalue weighted by Gasteiger charge is 2.48. The lowest BCUT2D eigenvalue weighted by atomic mass is 9.83. The zero-order chi connectivity index (χ0) is 20.8. The molecule has 1 spiro atoms. The van der Waals surface area contributed by atoms with Gasteiger partial charge in [-0.3, -0.25) is 4.98 Å². The topological polar surface area (TPSA) is 95.1 Å². The number of anilines is 1. The van der Waals surface area contributed by atoms with Crippen LogP contribution in [0.4, 0.5) is 5.82 Å². The molecule has 0 aliphatic carbocycles. The van der Waals surface area contributed by atoms with E-state index >= 15 is 0 Å². The van der Waals surface area contributed by atoms with E-state index in [1.807, 2.05) is 42.6 Å². The molecule has 1 saturated heterocycles. The molecule has 2 N–H and O–H groups in total. The quantitative estimate of drug-likeness (QED) is 0.688. The van der Waals surface area contributed by atoms with Gasteiger partial charge in [-0.15, -0.1) is 0 Å². The Balaban J connectivity index is 1.51. The summed E-state index contributed by atoms with van der Waals surface area (Å²) < 4.78 is 17.4. The first-order valence-corrected chi connectivity index (χ1v) is 10.3. The molecule has 0 radical (unpaired) electrons. The largest absolute Gasteiger partial charge is 0.462 e. The highest BCUT2D eigenvalue weighted by atomic mass is 16.5. The Hall–Kier alpha value is -3.65. The molecular weight excluding hydrogens is 394 g/mol. The van der Waals surface area contributed by atoms with Crippen LogP contribution >= 0.6 is 0 Å². The van der Waals surface area contributed by atoms with E-state index in [9.17, 15) is 0 Å². The van der Waals surface area contributed by atoms with Gasteiger partial charge in [0.25, 0.3) is 6.02 Å². The summed E-state index contributed by atoms with van der Waals surface area (Å²) in [5.74, 6) is 2.27. The molecule has 8 nitrogen and oxygen atoms in total. The molecule has 8 heteroatoms. The van der Waals surface area contributed by atoms with E-state index in [2.05, 4.69) is 16.0 Å². The van der Waals surface area contributed by atoms with Gasteiger partial charge in [-0.2, -0.15) is 0 Å². The van der Waals surface area contributed by atoms with Gasteiger partial charge in [-0.05, 0) is 35.9 Å². The number of aliphatic imine (C=N–C) groups is 1. The Morgan fingerprint density at radius 3 is 2.65 bits per heavy atom. The number of nitrogens with zero attached hydrogens (tertiary/aromatic N) is 4. The Kier molecular flexibility index (Phi) is 4.07. The van der Waals surface area contributed by atoms with Gasteiger partial charge in [0.15, 0.2) is 11.3 Å². The van der Waals surface area contributed by atoms with Crippen molar-refractivity contribution in [3.05, 3.63) is 66.1 Å². The van der Waals surface area contributed by atoms with Crippen LogP contribution in [0.2, 0.25) is 0 Å². The molecule has 3 aliphatic heterocycles. The molecular formula is C23H21N5O3. The van der Waals surface area contributed by atoms with Gasteiger partial charge < -0.3 is 24.8 Å². The van der Waals surface area contributed by atoms with Gasteiger partial charge in [-0.25, -0.2) is 9.98 Å². The number of nitrogens with two attached hydrogens (primary N) is 1. The van der Waals surface area contributed by atoms with Crippen molar-refractivity contribution >= 4 is 11.8 Å². The molecule has 1 aromatic carbocycles. The van der Waals surface area contributed by atoms with Crippen molar-refractivity contribution in [3.8, 4) is 22.6 Å². The van der Waals surface area contributed by atoms with Crippen LogP contribution in [0, 0.1) is 0 Å². The number of amidine groups is 1. The second kappa shape index (κ2) is 6.95. The van der Waals surface area contributed by atoms with Crippen molar-refractivity contribution in [3.63, 3.8) is 0 Å². The maximum Gasteiger partial charge on any atom is 0.283 e. The van der Waals surface area contributed by atoms with Gasteiger partial charge >= 0.3 is 0 Å². The molecule has 0 saturated carbocycles. The monoisotopic (exact) mass is 415 g/mol. The number of hydrogen-bond acceptors (Lipinski definition) is 8. The van der Waals surface area contributed by atoms with E-state index in [1.54, 1.807) is 6.20 Å². The van der Waals surface area contributed by atoms with E-state index in [-0.39, 0.29) is 12.6 Å². The van der Waals surface area contributed by atoms with E-state index in [1.165, 1.54) is 0 Å². The van der Waals surface area contributed by atoms with Crippen LogP contribution < -0.4 is 15.4 Å². The highest BCUT2D eigenvalue weighted by Crippen LogP contribution is 2.51. The first-order valence-electron chi connectivity index (χ1n) is 10.3. The van der Waals surface area contributed by atoms with Crippen molar-refractivity contribution in [2.45, 2.75) is 5.54 Å². The smallest absolute Gasteiger partial charge is 0.283 e. The highest BCUT2D eigenvalue weighted by molar-refractivity contribution is 5.77. The molecule has 0 unspecified atom stereocenters. The fraction of sp³-hybridized carbons (Fsp3) is 0.261. The van der Waals surface area contributed by atoms with Crippen LogP contribution in [0.15, 0.2) is 59.9 Å². The van der Waals surface area contributed by atoms with E-state index in [0.29, 0.717) is 24.7 Å². The van der Waals surface area contributed by atoms with Crippen LogP contribution in [0.5, 0.6) is 11.5 Å². The first-order chi connectivity index (χ1) is 15.2. The Morgan fingerprint density at radius 2 is 1.87 bits per heavy atom. The second-order valence-corrected chi connectivity index (χ2v) is 7.77. The number of rotatable bonds is 2. The van der Waals surface area contributed by atoms with Gasteiger partial charge in [-0.1, -0.05) is 12.1 Å². The van der Waals surface area contributed by atoms with Crippen molar-refractivity contribution in [1.29, 1.82) is 0 Å². The minimum Gasteiger partial charge on any atom is -0.462 e. The molecule has 156 valence electrons. The third-order valence-electron chi connectivity index (χ3n) is 5.94. The molecule has 5 heterocycles. The number of ether oxygens (including phenoxy) is 3. The first kappa shape index (κ1) is 18.1. The van der Waals surface area contributed by atoms with Gasteiger partial charge in [0.05, 0.1) is 13.2 Å². The van der Waals surface area contributed by atoms with Crippen molar-refractivity contribution in [2.75, 3.05) is 37.8 Å². The number of morpholine rings is 1. The van der Waals surface area contributed by atoms with Crippen molar-refractivity contribution in [2.24, 2.45) is 10.7 Å². The molecule has 3 aromatic rings. The molecule has 1 fully saturated rings. The molecule has 0 amide bonds. The minimum absolute atomic E-state index is 0.157. The summed E-state index contributed by atoms with van der Waals surface area (Å²) >= 11 is 0. The van der Waals surface area contributed by atoms with Crippen LogP contribution in [0.25, 0.3) is 11.1 Å². The molecule has 6 rings (SSSR count). The Labute approximate surface area is 179 Å². The average molecular weight is 415 g/mol. The SMILES string of the molecule is NC1=N[C@@]2(CO1)c1cc(-c3cccnc3)ccc1Oc1ccc(N3CCOCC3)nc12. The van der Waals surface area contributed by atoms with Gasteiger partial charge in [0.1, 0.15) is 23.9 Å². The van der Waals surface area contributed by atoms with Crippen molar-refractivity contribution in [1.82, 2.24) is 9.97 Å². The summed E-state index contributed by atoms with van der Waals surface area (Å²) in [6.45, 7) is 3.24. The van der Waals surface area contributed by atoms with Crippen molar-refractivity contribution < 1.29 is 14.2 Å². The molecule has 1 atom stereocenters. The van der Waals surface area contributed by atoms with Crippen LogP contribution in [-0.2, 0) is 15.0 Å². The predicted octanol–water partition coefficient (Wildman–Crippen LogP) is 2.67. The minimum atomic E-state index is -0.854. The maximum absolute atomic E-state index is 6.25. The fourth-order valence-corrected chi connectivity index (χ4v) is 4.37. The summed E-state index contributed by atoms with van der Waals surface area (Å²) in [6, 6.07) is 14.1. The van der Waals surface area contributed by atoms with Gasteiger partial charge in [0.2, 0.25) is 0 Å². The fourth-order valence-electron chi connectivity index (χ4n) is 4.37. The number of hydrogen-bond donors (Lipinski definition) is 1. The predicted molar refractivity (Wildman–Crippen MR) is 115 cm³/mol. The molecule has 0 bridgehead atoms. The molecule has 31 heavy (non-hydrogen) atoms. The second-order valence-electron chi connectivity index (χ2n) is 7.77. The Bertz CT molecular complexity index is 1180. The lowest BCUT2D eigenvalue weighted by molar-refractivity contribution is 0.122. The number of fused-ring (bicyclic) bond motifs is 4. The van der Waals surface area contributed by atoms with E-state index < -0.39 is 5.54 Å². The Morgan fingerprint density at radius 1 is 1.00 bits per heavy atom. The lowest BCUT2D eigenvalue weighted by Gasteiger charge is -2.34. The van der Waals surface area contributed by atoms with E-state index in [0.717, 1.165) is 41.3 Å². The summed E-state index contributed by atoms with van der Waals surface area (Å²) in [4.78, 5) is 16.2. The summed E-state index contributed by atoms with van der Waals surface area (Å²) in [5, 5.41) is 0. The van der Waals surface area contributed by atoms with Crippen LogP contribution in [0.1, 0.15) is 11.3 Å². The molecule has 2 aromatic heterocycles. The summed E-state index contributed by atoms with van der Waals surface area (Å²) in [7, 11) is 0. The standard InChI is InChI=1S/C23H21N5O3/c24-22-27-23(14-30-22)17-12-15(16-2-1-7-25-13-16)3-4-18(17)31-19-5-6-20(26-21(19)23)28-8-10-29-11-9-28/h1-7,12-13H,8-11,14H2,(H2,24,27)/t23-/m0/s1. The van der Waals surface area contributed by atoms with Crippen LogP contribution in [0.3, 0.4) is 0 Å². The zero-order valence-electron chi connectivity index (χ0n) is 16.8. The number of benzene rings is 1.